The van der Waals surface area contributed by atoms with Gasteiger partial charge >= 0.3 is 0 Å². The van der Waals surface area contributed by atoms with Crippen LogP contribution in [0.25, 0.3) is 0 Å². The van der Waals surface area contributed by atoms with Crippen LogP contribution in [0, 0.1) is 6.92 Å². The van der Waals surface area contributed by atoms with Crippen LogP contribution < -0.4 is 5.32 Å². The fourth-order valence-corrected chi connectivity index (χ4v) is 3.01. The van der Waals surface area contributed by atoms with Crippen molar-refractivity contribution in [3.8, 4) is 0 Å². The fourth-order valence-electron chi connectivity index (χ4n) is 1.85. The molecule has 0 radical (unpaired) electrons. The van der Waals surface area contributed by atoms with E-state index in [1.54, 1.807) is 17.8 Å². The van der Waals surface area contributed by atoms with Crippen molar-refractivity contribution in [1.82, 2.24) is 0 Å². The maximum atomic E-state index is 11.9. The van der Waals surface area contributed by atoms with Crippen molar-refractivity contribution in [2.24, 2.45) is 0 Å². The summed E-state index contributed by atoms with van der Waals surface area (Å²) in [5.74, 6) is 0.903. The minimum Gasteiger partial charge on any atom is -0.326 e. The number of hydrogen-bond donors (Lipinski definition) is 1. The average molecular weight is 354 g/mol. The van der Waals surface area contributed by atoms with Gasteiger partial charge in [-0.2, -0.15) is 0 Å². The highest BCUT2D eigenvalue weighted by atomic mass is 35.5. The number of rotatable bonds is 6. The Bertz CT molecular complexity index is 644. The number of nitrogens with one attached hydrogen (secondary N) is 1. The van der Waals surface area contributed by atoms with Gasteiger partial charge in [-0.3, -0.25) is 4.79 Å². The molecule has 0 saturated heterocycles. The van der Waals surface area contributed by atoms with Gasteiger partial charge in [-0.1, -0.05) is 29.3 Å². The third-order valence-electron chi connectivity index (χ3n) is 3.09. The number of halogens is 2. The molecule has 0 heterocycles. The molecule has 2 aromatic rings. The van der Waals surface area contributed by atoms with Gasteiger partial charge in [0.2, 0.25) is 5.91 Å². The van der Waals surface area contributed by atoms with Crippen molar-refractivity contribution in [2.75, 3.05) is 11.1 Å². The zero-order chi connectivity index (χ0) is 15.9. The summed E-state index contributed by atoms with van der Waals surface area (Å²) in [4.78, 5) is 13.0. The second kappa shape index (κ2) is 8.47. The first-order valence-corrected chi connectivity index (χ1v) is 8.73. The van der Waals surface area contributed by atoms with Crippen molar-refractivity contribution in [3.63, 3.8) is 0 Å². The summed E-state index contributed by atoms with van der Waals surface area (Å²) in [5, 5.41) is 4.27. The molecule has 5 heteroatoms. The van der Waals surface area contributed by atoms with E-state index >= 15 is 0 Å². The Labute approximate surface area is 145 Å². The van der Waals surface area contributed by atoms with E-state index in [2.05, 4.69) is 5.32 Å². The van der Waals surface area contributed by atoms with Crippen molar-refractivity contribution in [1.29, 1.82) is 0 Å². The van der Waals surface area contributed by atoms with E-state index in [9.17, 15) is 4.79 Å². The van der Waals surface area contributed by atoms with Gasteiger partial charge in [0.1, 0.15) is 0 Å². The SMILES string of the molecule is Cc1ccc(NC(=O)CCCSc2ccc(Cl)cc2)cc1Cl. The van der Waals surface area contributed by atoms with Gasteiger partial charge in [0.15, 0.2) is 0 Å². The second-order valence-electron chi connectivity index (χ2n) is 4.92. The minimum atomic E-state index is 0.0108. The number of anilines is 1. The first kappa shape index (κ1) is 17.2. The van der Waals surface area contributed by atoms with E-state index in [-0.39, 0.29) is 5.91 Å². The third kappa shape index (κ3) is 5.56. The van der Waals surface area contributed by atoms with Gasteiger partial charge in [-0.15, -0.1) is 11.8 Å². The van der Waals surface area contributed by atoms with Gasteiger partial charge in [0.25, 0.3) is 0 Å². The Kier molecular flexibility index (Phi) is 6.62. The molecule has 0 aliphatic rings. The highest BCUT2D eigenvalue weighted by Gasteiger charge is 2.04. The number of benzene rings is 2. The third-order valence-corrected chi connectivity index (χ3v) is 4.84. The summed E-state index contributed by atoms with van der Waals surface area (Å²) in [6, 6.07) is 13.3. The molecule has 2 nitrogen and oxygen atoms in total. The molecule has 0 fully saturated rings. The number of thioether (sulfide) groups is 1. The zero-order valence-electron chi connectivity index (χ0n) is 12.2. The number of carbonyl (C=O) groups excluding carboxylic acids is 1. The molecule has 0 spiro atoms. The van der Waals surface area contributed by atoms with Gasteiger partial charge in [0.05, 0.1) is 0 Å². The van der Waals surface area contributed by atoms with Gasteiger partial charge in [-0.25, -0.2) is 0 Å². The number of hydrogen-bond acceptors (Lipinski definition) is 2. The van der Waals surface area contributed by atoms with E-state index in [0.717, 1.165) is 33.3 Å². The number of amides is 1. The lowest BCUT2D eigenvalue weighted by Crippen LogP contribution is -2.11. The van der Waals surface area contributed by atoms with E-state index in [1.165, 1.54) is 0 Å². The topological polar surface area (TPSA) is 29.1 Å². The molecule has 0 aliphatic carbocycles. The predicted octanol–water partition coefficient (Wildman–Crippen LogP) is 5.81. The summed E-state index contributed by atoms with van der Waals surface area (Å²) >= 11 is 13.6. The van der Waals surface area contributed by atoms with Crippen molar-refractivity contribution in [2.45, 2.75) is 24.7 Å². The zero-order valence-corrected chi connectivity index (χ0v) is 14.6. The molecular formula is C17H17Cl2NOS. The molecule has 0 saturated carbocycles. The van der Waals surface area contributed by atoms with E-state index in [1.807, 2.05) is 43.3 Å². The molecular weight excluding hydrogens is 337 g/mol. The lowest BCUT2D eigenvalue weighted by atomic mass is 10.2. The van der Waals surface area contributed by atoms with Crippen LogP contribution in [0.1, 0.15) is 18.4 Å². The number of carbonyl (C=O) groups is 1. The lowest BCUT2D eigenvalue weighted by molar-refractivity contribution is -0.116. The van der Waals surface area contributed by atoms with Crippen LogP contribution in [-0.4, -0.2) is 11.7 Å². The molecule has 2 rings (SSSR count). The summed E-state index contributed by atoms with van der Waals surface area (Å²) < 4.78 is 0. The standard InChI is InChI=1S/C17H17Cl2NOS/c1-12-4-7-14(11-16(12)19)20-17(21)3-2-10-22-15-8-5-13(18)6-9-15/h4-9,11H,2-3,10H2,1H3,(H,20,21). The van der Waals surface area contributed by atoms with Crippen LogP contribution in [0.2, 0.25) is 10.0 Å². The smallest absolute Gasteiger partial charge is 0.224 e. The van der Waals surface area contributed by atoms with E-state index < -0.39 is 0 Å². The Morgan fingerprint density at radius 3 is 2.55 bits per heavy atom. The molecule has 0 aliphatic heterocycles. The monoisotopic (exact) mass is 353 g/mol. The van der Waals surface area contributed by atoms with E-state index in [0.29, 0.717) is 11.4 Å². The van der Waals surface area contributed by atoms with Crippen LogP contribution in [0.5, 0.6) is 0 Å². The quantitative estimate of drug-likeness (QED) is 0.524. The molecule has 0 bridgehead atoms. The Hall–Kier alpha value is -1.16. The first-order chi connectivity index (χ1) is 10.5. The molecule has 22 heavy (non-hydrogen) atoms. The van der Waals surface area contributed by atoms with Crippen LogP contribution in [0.3, 0.4) is 0 Å². The normalized spacial score (nSPS) is 10.5. The molecule has 116 valence electrons. The highest BCUT2D eigenvalue weighted by molar-refractivity contribution is 7.99. The Balaban J connectivity index is 1.71. The first-order valence-electron chi connectivity index (χ1n) is 6.99. The molecule has 0 aromatic heterocycles. The van der Waals surface area contributed by atoms with Gasteiger partial charge in [0, 0.05) is 27.0 Å². The summed E-state index contributed by atoms with van der Waals surface area (Å²) in [6.07, 6.45) is 1.31. The van der Waals surface area contributed by atoms with Crippen molar-refractivity contribution in [3.05, 3.63) is 58.1 Å². The summed E-state index contributed by atoms with van der Waals surface area (Å²) in [6.45, 7) is 1.93. The average Bonchev–Trinajstić information content (AvgIpc) is 2.49. The maximum Gasteiger partial charge on any atom is 0.224 e. The van der Waals surface area contributed by atoms with Crippen LogP contribution in [0.15, 0.2) is 47.4 Å². The predicted molar refractivity (Wildman–Crippen MR) is 96.2 cm³/mol. The molecule has 0 unspecified atom stereocenters. The Morgan fingerprint density at radius 1 is 1.14 bits per heavy atom. The van der Waals surface area contributed by atoms with Crippen LogP contribution >= 0.6 is 35.0 Å². The van der Waals surface area contributed by atoms with Crippen molar-refractivity contribution >= 4 is 46.6 Å². The van der Waals surface area contributed by atoms with Crippen molar-refractivity contribution < 1.29 is 4.79 Å². The summed E-state index contributed by atoms with van der Waals surface area (Å²) in [5.41, 5.74) is 1.74. The largest absolute Gasteiger partial charge is 0.326 e. The van der Waals surface area contributed by atoms with Crippen LogP contribution in [-0.2, 0) is 4.79 Å². The van der Waals surface area contributed by atoms with Gasteiger partial charge < -0.3 is 5.32 Å². The molecule has 1 amide bonds. The minimum absolute atomic E-state index is 0.0108. The molecule has 0 atom stereocenters. The van der Waals surface area contributed by atoms with Gasteiger partial charge in [-0.05, 0) is 61.1 Å². The summed E-state index contributed by atoms with van der Waals surface area (Å²) in [7, 11) is 0. The number of aryl methyl sites for hydroxylation is 1. The fraction of sp³-hybridized carbons (Fsp3) is 0.235. The van der Waals surface area contributed by atoms with Crippen LogP contribution in [0.4, 0.5) is 5.69 Å². The molecule has 1 N–H and O–H groups in total. The Morgan fingerprint density at radius 2 is 1.86 bits per heavy atom. The highest BCUT2D eigenvalue weighted by Crippen LogP contribution is 2.22. The maximum absolute atomic E-state index is 11.9. The van der Waals surface area contributed by atoms with E-state index in [4.69, 9.17) is 23.2 Å². The molecule has 2 aromatic carbocycles. The lowest BCUT2D eigenvalue weighted by Gasteiger charge is -2.07. The second-order valence-corrected chi connectivity index (χ2v) is 6.93.